The number of aryl methyl sites for hydroxylation is 2. The maximum atomic E-state index is 13.3. The fourth-order valence-electron chi connectivity index (χ4n) is 7.41. The number of piperazine rings is 1. The van der Waals surface area contributed by atoms with E-state index in [0.717, 1.165) is 51.4 Å². The normalized spacial score (nSPS) is 24.4. The van der Waals surface area contributed by atoms with Gasteiger partial charge in [0.2, 0.25) is 5.91 Å². The molecule has 2 aromatic rings. The van der Waals surface area contributed by atoms with Gasteiger partial charge in [-0.2, -0.15) is 0 Å². The Morgan fingerprint density at radius 3 is 2.27 bits per heavy atom. The zero-order chi connectivity index (χ0) is 27.6. The Kier molecular flexibility index (Phi) is 8.12. The summed E-state index contributed by atoms with van der Waals surface area (Å²) in [4.78, 5) is 38.0. The van der Waals surface area contributed by atoms with Crippen LogP contribution in [0.5, 0.6) is 0 Å². The third-order valence-electron chi connectivity index (χ3n) is 9.59. The molecule has 2 unspecified atom stereocenters. The van der Waals surface area contributed by atoms with Crippen LogP contribution in [0.4, 0.5) is 11.4 Å². The van der Waals surface area contributed by atoms with Gasteiger partial charge in [-0.15, -0.1) is 0 Å². The van der Waals surface area contributed by atoms with Crippen LogP contribution in [0.25, 0.3) is 0 Å². The van der Waals surface area contributed by atoms with Gasteiger partial charge in [0.1, 0.15) is 0 Å². The SMILES string of the molecule is Cc1ccc(N2CCN(C(=O)c3ccc(N4C(=O)CCC4CN4CCCC4CN4CCCC4)cc3)CC2)c(C)c1. The number of anilines is 2. The molecule has 6 rings (SSSR count). The first kappa shape index (κ1) is 27.3. The van der Waals surface area contributed by atoms with E-state index < -0.39 is 0 Å². The van der Waals surface area contributed by atoms with Gasteiger partial charge in [-0.05, 0) is 101 Å². The minimum absolute atomic E-state index is 0.0814. The molecule has 7 heteroatoms. The van der Waals surface area contributed by atoms with Crippen molar-refractivity contribution < 1.29 is 9.59 Å². The van der Waals surface area contributed by atoms with E-state index in [-0.39, 0.29) is 17.9 Å². The van der Waals surface area contributed by atoms with Crippen molar-refractivity contribution >= 4 is 23.2 Å². The number of carbonyl (C=O) groups is 2. The Labute approximate surface area is 239 Å². The van der Waals surface area contributed by atoms with Crippen LogP contribution in [0.2, 0.25) is 0 Å². The first-order valence-electron chi connectivity index (χ1n) is 15.5. The van der Waals surface area contributed by atoms with Crippen LogP contribution in [-0.4, -0.2) is 97.5 Å². The lowest BCUT2D eigenvalue weighted by molar-refractivity contribution is -0.117. The molecule has 4 saturated heterocycles. The van der Waals surface area contributed by atoms with E-state index in [4.69, 9.17) is 0 Å². The summed E-state index contributed by atoms with van der Waals surface area (Å²) in [5.41, 5.74) is 5.47. The number of carbonyl (C=O) groups excluding carboxylic acids is 2. The molecule has 0 aliphatic carbocycles. The van der Waals surface area contributed by atoms with E-state index in [9.17, 15) is 9.59 Å². The van der Waals surface area contributed by atoms with Crippen molar-refractivity contribution in [2.45, 2.75) is 64.5 Å². The van der Waals surface area contributed by atoms with E-state index >= 15 is 0 Å². The molecule has 40 heavy (non-hydrogen) atoms. The highest BCUT2D eigenvalue weighted by molar-refractivity contribution is 5.98. The van der Waals surface area contributed by atoms with Crippen LogP contribution in [0, 0.1) is 13.8 Å². The summed E-state index contributed by atoms with van der Waals surface area (Å²) in [5.74, 6) is 0.292. The molecule has 2 amide bonds. The minimum atomic E-state index is 0.0814. The van der Waals surface area contributed by atoms with Crippen LogP contribution < -0.4 is 9.80 Å². The number of hydrogen-bond acceptors (Lipinski definition) is 5. The predicted molar refractivity (Wildman–Crippen MR) is 161 cm³/mol. The number of hydrogen-bond donors (Lipinski definition) is 0. The summed E-state index contributed by atoms with van der Waals surface area (Å²) >= 11 is 0. The van der Waals surface area contributed by atoms with Crippen molar-refractivity contribution in [2.24, 2.45) is 0 Å². The summed E-state index contributed by atoms with van der Waals surface area (Å²) in [7, 11) is 0. The number of likely N-dealkylation sites (tertiary alicyclic amines) is 2. The van der Waals surface area contributed by atoms with Gasteiger partial charge in [0.05, 0.1) is 6.04 Å². The monoisotopic (exact) mass is 543 g/mol. The first-order valence-corrected chi connectivity index (χ1v) is 15.5. The summed E-state index contributed by atoms with van der Waals surface area (Å²) in [5, 5.41) is 0. The highest BCUT2D eigenvalue weighted by atomic mass is 16.2. The van der Waals surface area contributed by atoms with Crippen molar-refractivity contribution in [3.8, 4) is 0 Å². The van der Waals surface area contributed by atoms with E-state index in [1.54, 1.807) is 0 Å². The molecule has 7 nitrogen and oxygen atoms in total. The summed E-state index contributed by atoms with van der Waals surface area (Å²) in [6.45, 7) is 13.2. The molecule has 0 bridgehead atoms. The van der Waals surface area contributed by atoms with Gasteiger partial charge in [-0.3, -0.25) is 14.5 Å². The van der Waals surface area contributed by atoms with Gasteiger partial charge >= 0.3 is 0 Å². The molecular weight excluding hydrogens is 498 g/mol. The molecule has 0 aromatic heterocycles. The van der Waals surface area contributed by atoms with Gasteiger partial charge in [0, 0.05) is 68.7 Å². The fourth-order valence-corrected chi connectivity index (χ4v) is 7.41. The number of rotatable bonds is 7. The quantitative estimate of drug-likeness (QED) is 0.521. The lowest BCUT2D eigenvalue weighted by Gasteiger charge is -2.37. The molecule has 4 heterocycles. The molecule has 0 saturated carbocycles. The second kappa shape index (κ2) is 11.9. The summed E-state index contributed by atoms with van der Waals surface area (Å²) in [6.07, 6.45) is 6.72. The minimum Gasteiger partial charge on any atom is -0.368 e. The van der Waals surface area contributed by atoms with Crippen LogP contribution in [0.15, 0.2) is 42.5 Å². The predicted octanol–water partition coefficient (Wildman–Crippen LogP) is 4.32. The molecule has 4 fully saturated rings. The molecule has 0 spiro atoms. The van der Waals surface area contributed by atoms with Crippen molar-refractivity contribution in [1.82, 2.24) is 14.7 Å². The van der Waals surface area contributed by atoms with Crippen molar-refractivity contribution in [2.75, 3.05) is 68.7 Å². The third kappa shape index (κ3) is 5.77. The van der Waals surface area contributed by atoms with Gasteiger partial charge in [-0.25, -0.2) is 0 Å². The van der Waals surface area contributed by atoms with Gasteiger partial charge in [-0.1, -0.05) is 17.7 Å². The summed E-state index contributed by atoms with van der Waals surface area (Å²) in [6, 6.07) is 15.2. The van der Waals surface area contributed by atoms with Crippen molar-refractivity contribution in [3.05, 3.63) is 59.2 Å². The number of benzene rings is 2. The average molecular weight is 544 g/mol. The van der Waals surface area contributed by atoms with Crippen molar-refractivity contribution in [3.63, 3.8) is 0 Å². The standard InChI is InChI=1S/C33H45N5O2/c1-25-7-13-31(26(2)22-25)35-18-20-36(21-19-35)33(40)27-8-10-28(11-9-27)38-30(12-14-32(38)39)24-37-17-5-6-29(37)23-34-15-3-4-16-34/h7-11,13,22,29-30H,3-6,12,14-21,23-24H2,1-2H3. The Morgan fingerprint density at radius 2 is 1.55 bits per heavy atom. The summed E-state index contributed by atoms with van der Waals surface area (Å²) < 4.78 is 0. The van der Waals surface area contributed by atoms with Gasteiger partial charge < -0.3 is 19.6 Å². The Hall–Kier alpha value is -2.90. The Morgan fingerprint density at radius 1 is 0.800 bits per heavy atom. The molecule has 4 aliphatic heterocycles. The molecule has 2 atom stereocenters. The van der Waals surface area contributed by atoms with Crippen LogP contribution >= 0.6 is 0 Å². The van der Waals surface area contributed by atoms with Gasteiger partial charge in [0.15, 0.2) is 0 Å². The van der Waals surface area contributed by atoms with E-state index in [1.165, 1.54) is 62.1 Å². The van der Waals surface area contributed by atoms with Crippen molar-refractivity contribution in [1.29, 1.82) is 0 Å². The average Bonchev–Trinajstić information content (AvgIpc) is 3.72. The number of amides is 2. The van der Waals surface area contributed by atoms with Crippen LogP contribution in [0.3, 0.4) is 0 Å². The Bertz CT molecular complexity index is 1200. The smallest absolute Gasteiger partial charge is 0.253 e. The molecule has 214 valence electrons. The first-order chi connectivity index (χ1) is 19.5. The topological polar surface area (TPSA) is 50.3 Å². The molecule has 0 N–H and O–H groups in total. The molecule has 4 aliphatic rings. The number of nitrogens with zero attached hydrogens (tertiary/aromatic N) is 5. The lowest BCUT2D eigenvalue weighted by atomic mass is 10.1. The highest BCUT2D eigenvalue weighted by Crippen LogP contribution is 2.30. The second-order valence-corrected chi connectivity index (χ2v) is 12.4. The van der Waals surface area contributed by atoms with Crippen LogP contribution in [0.1, 0.15) is 60.0 Å². The fraction of sp³-hybridized carbons (Fsp3) is 0.576. The lowest BCUT2D eigenvalue weighted by Crippen LogP contribution is -2.49. The van der Waals surface area contributed by atoms with Crippen LogP contribution in [-0.2, 0) is 4.79 Å². The molecule has 2 aromatic carbocycles. The van der Waals surface area contributed by atoms with E-state index in [0.29, 0.717) is 18.0 Å². The van der Waals surface area contributed by atoms with E-state index in [2.05, 4.69) is 46.7 Å². The maximum Gasteiger partial charge on any atom is 0.253 e. The zero-order valence-corrected chi connectivity index (χ0v) is 24.4. The maximum absolute atomic E-state index is 13.3. The molecule has 0 radical (unpaired) electrons. The largest absolute Gasteiger partial charge is 0.368 e. The zero-order valence-electron chi connectivity index (χ0n) is 24.4. The molecular formula is C33H45N5O2. The second-order valence-electron chi connectivity index (χ2n) is 12.4. The highest BCUT2D eigenvalue weighted by Gasteiger charge is 2.36. The van der Waals surface area contributed by atoms with E-state index in [1.807, 2.05) is 34.1 Å². The Balaban J connectivity index is 1.06. The third-order valence-corrected chi connectivity index (χ3v) is 9.59. The van der Waals surface area contributed by atoms with Gasteiger partial charge in [0.25, 0.3) is 5.91 Å².